The third-order valence-electron chi connectivity index (χ3n) is 1.80. The first-order chi connectivity index (χ1) is 7.64. The van der Waals surface area contributed by atoms with Gasteiger partial charge in [-0.05, 0) is 40.3 Å². The second-order valence-corrected chi connectivity index (χ2v) is 4.38. The average molecular weight is 379 g/mol. The third-order valence-corrected chi connectivity index (χ3v) is 2.90. The summed E-state index contributed by atoms with van der Waals surface area (Å²) in [6.07, 6.45) is -4.73. The predicted octanol–water partition coefficient (Wildman–Crippen LogP) is 3.60. The number of nitro groups is 1. The normalized spacial score (nSPS) is 11.4. The molecule has 0 heterocycles. The molecule has 0 radical (unpaired) electrons. The van der Waals surface area contributed by atoms with E-state index in [1.54, 1.807) is 0 Å². The van der Waals surface area contributed by atoms with E-state index in [0.717, 1.165) is 6.07 Å². The zero-order valence-electron chi connectivity index (χ0n) is 7.72. The van der Waals surface area contributed by atoms with E-state index in [1.807, 2.05) is 0 Å². The van der Waals surface area contributed by atoms with Crippen molar-refractivity contribution in [2.45, 2.75) is 6.18 Å². The second-order valence-electron chi connectivity index (χ2n) is 2.88. The lowest BCUT2D eigenvalue weighted by Crippen LogP contribution is -2.10. The van der Waals surface area contributed by atoms with Crippen LogP contribution >= 0.6 is 34.2 Å². The molecule has 4 nitrogen and oxygen atoms in total. The van der Waals surface area contributed by atoms with Crippen LogP contribution in [0.2, 0.25) is 0 Å². The number of nitrogens with zero attached hydrogens (tertiary/aromatic N) is 1. The van der Waals surface area contributed by atoms with Crippen molar-refractivity contribution in [2.75, 3.05) is 0 Å². The van der Waals surface area contributed by atoms with Crippen LogP contribution in [0.3, 0.4) is 0 Å². The number of hydrogen-bond donors (Lipinski definition) is 0. The molecule has 0 fully saturated rings. The smallest absolute Gasteiger partial charge is 0.275 e. The van der Waals surface area contributed by atoms with Gasteiger partial charge in [0.05, 0.1) is 10.5 Å². The molecular formula is C8H2ClF3INO3. The van der Waals surface area contributed by atoms with Crippen molar-refractivity contribution in [3.8, 4) is 0 Å². The molecule has 0 N–H and O–H groups in total. The van der Waals surface area contributed by atoms with E-state index in [9.17, 15) is 28.1 Å². The quantitative estimate of drug-likeness (QED) is 0.341. The Morgan fingerprint density at radius 2 is 1.94 bits per heavy atom. The molecule has 0 aliphatic carbocycles. The van der Waals surface area contributed by atoms with Crippen molar-refractivity contribution in [3.63, 3.8) is 0 Å². The van der Waals surface area contributed by atoms with Crippen molar-refractivity contribution >= 4 is 45.1 Å². The largest absolute Gasteiger partial charge is 0.417 e. The first-order valence-electron chi connectivity index (χ1n) is 3.89. The number of rotatable bonds is 2. The molecule has 0 saturated heterocycles. The van der Waals surface area contributed by atoms with Crippen molar-refractivity contribution in [1.82, 2.24) is 0 Å². The van der Waals surface area contributed by atoms with Crippen molar-refractivity contribution in [3.05, 3.63) is 36.9 Å². The van der Waals surface area contributed by atoms with Gasteiger partial charge in [-0.25, -0.2) is 0 Å². The number of alkyl halides is 3. The van der Waals surface area contributed by atoms with Crippen LogP contribution in [0.25, 0.3) is 0 Å². The van der Waals surface area contributed by atoms with Crippen LogP contribution in [0.1, 0.15) is 15.9 Å². The summed E-state index contributed by atoms with van der Waals surface area (Å²) in [5, 5.41) is 9.36. The summed E-state index contributed by atoms with van der Waals surface area (Å²) in [5.41, 5.74) is -2.70. The monoisotopic (exact) mass is 379 g/mol. The third kappa shape index (κ3) is 3.06. The Labute approximate surface area is 111 Å². The van der Waals surface area contributed by atoms with Gasteiger partial charge in [-0.15, -0.1) is 0 Å². The van der Waals surface area contributed by atoms with E-state index < -0.39 is 33.2 Å². The first-order valence-corrected chi connectivity index (χ1v) is 5.35. The molecule has 1 aromatic carbocycles. The van der Waals surface area contributed by atoms with E-state index in [2.05, 4.69) is 0 Å². The van der Waals surface area contributed by atoms with Crippen molar-refractivity contribution < 1.29 is 22.9 Å². The van der Waals surface area contributed by atoms with Gasteiger partial charge in [0, 0.05) is 9.64 Å². The molecule has 9 heteroatoms. The van der Waals surface area contributed by atoms with Gasteiger partial charge < -0.3 is 0 Å². The maximum atomic E-state index is 12.5. The summed E-state index contributed by atoms with van der Waals surface area (Å²) in [7, 11) is 0. The van der Waals surface area contributed by atoms with E-state index >= 15 is 0 Å². The molecule has 0 atom stereocenters. The number of nitro benzene ring substituents is 1. The van der Waals surface area contributed by atoms with Gasteiger partial charge in [-0.3, -0.25) is 14.9 Å². The highest BCUT2D eigenvalue weighted by Gasteiger charge is 2.36. The van der Waals surface area contributed by atoms with Crippen LogP contribution in [0.15, 0.2) is 12.1 Å². The van der Waals surface area contributed by atoms with Crippen LogP contribution < -0.4 is 0 Å². The maximum absolute atomic E-state index is 12.5. The summed E-state index contributed by atoms with van der Waals surface area (Å²) >= 11 is 6.39. The molecule has 0 aromatic heterocycles. The fraction of sp³-hybridized carbons (Fsp3) is 0.125. The Morgan fingerprint density at radius 3 is 2.29 bits per heavy atom. The standard InChI is InChI=1S/C8H2ClF3INO3/c9-7(15)3-1-5(13)4(8(10,11)12)2-6(3)14(16)17/h1-2H. The topological polar surface area (TPSA) is 60.2 Å². The Morgan fingerprint density at radius 1 is 1.41 bits per heavy atom. The average Bonchev–Trinajstić information content (AvgIpc) is 2.14. The zero-order valence-corrected chi connectivity index (χ0v) is 10.6. The molecule has 17 heavy (non-hydrogen) atoms. The minimum atomic E-state index is -4.73. The second kappa shape index (κ2) is 4.77. The first kappa shape index (κ1) is 14.2. The molecule has 1 rings (SSSR count). The van der Waals surface area contributed by atoms with Crippen LogP contribution in [-0.2, 0) is 6.18 Å². The number of benzene rings is 1. The predicted molar refractivity (Wildman–Crippen MR) is 61.0 cm³/mol. The highest BCUT2D eigenvalue weighted by molar-refractivity contribution is 14.1. The van der Waals surface area contributed by atoms with Gasteiger partial charge in [0.1, 0.15) is 5.56 Å². The molecule has 0 bridgehead atoms. The molecule has 0 aliphatic rings. The molecular weight excluding hydrogens is 377 g/mol. The van der Waals surface area contributed by atoms with Gasteiger partial charge in [-0.2, -0.15) is 13.2 Å². The van der Waals surface area contributed by atoms with Crippen LogP contribution in [-0.4, -0.2) is 10.2 Å². The highest BCUT2D eigenvalue weighted by Crippen LogP contribution is 2.37. The summed E-state index contributed by atoms with van der Waals surface area (Å²) in [6, 6.07) is 1.05. The summed E-state index contributed by atoms with van der Waals surface area (Å²) in [6.45, 7) is 0. The maximum Gasteiger partial charge on any atom is 0.417 e. The Balaban J connectivity index is 3.57. The van der Waals surface area contributed by atoms with Crippen LogP contribution in [0, 0.1) is 13.7 Å². The van der Waals surface area contributed by atoms with Crippen LogP contribution in [0.5, 0.6) is 0 Å². The fourth-order valence-electron chi connectivity index (χ4n) is 1.09. The van der Waals surface area contributed by atoms with E-state index in [4.69, 9.17) is 11.6 Å². The van der Waals surface area contributed by atoms with Gasteiger partial charge in [0.25, 0.3) is 10.9 Å². The number of hydrogen-bond acceptors (Lipinski definition) is 3. The number of halogens is 5. The number of carbonyl (C=O) groups is 1. The minimum absolute atomic E-state index is 0.303. The van der Waals surface area contributed by atoms with Crippen molar-refractivity contribution in [2.24, 2.45) is 0 Å². The lowest BCUT2D eigenvalue weighted by molar-refractivity contribution is -0.385. The molecule has 0 saturated carbocycles. The molecule has 0 amide bonds. The molecule has 0 aliphatic heterocycles. The van der Waals surface area contributed by atoms with Gasteiger partial charge in [0.2, 0.25) is 0 Å². The summed E-state index contributed by atoms with van der Waals surface area (Å²) in [5.74, 6) is 0. The van der Waals surface area contributed by atoms with Gasteiger partial charge >= 0.3 is 6.18 Å². The Kier molecular flexibility index (Phi) is 3.97. The van der Waals surface area contributed by atoms with Crippen LogP contribution in [0.4, 0.5) is 18.9 Å². The molecule has 1 aromatic rings. The zero-order chi connectivity index (χ0) is 13.4. The van der Waals surface area contributed by atoms with Gasteiger partial charge in [-0.1, -0.05) is 0 Å². The molecule has 92 valence electrons. The Bertz CT molecular complexity index is 504. The summed E-state index contributed by atoms with van der Waals surface area (Å²) in [4.78, 5) is 20.3. The SMILES string of the molecule is O=C(Cl)c1cc(I)c(C(F)(F)F)cc1[N+](=O)[O-]. The fourth-order valence-corrected chi connectivity index (χ4v) is 2.01. The molecule has 0 spiro atoms. The lowest BCUT2D eigenvalue weighted by atomic mass is 10.1. The Hall–Kier alpha value is -0.900. The van der Waals surface area contributed by atoms with E-state index in [0.29, 0.717) is 6.07 Å². The van der Waals surface area contributed by atoms with E-state index in [1.165, 1.54) is 22.6 Å². The lowest BCUT2D eigenvalue weighted by Gasteiger charge is -2.09. The van der Waals surface area contributed by atoms with Crippen molar-refractivity contribution in [1.29, 1.82) is 0 Å². The van der Waals surface area contributed by atoms with Gasteiger partial charge in [0.15, 0.2) is 0 Å². The van der Waals surface area contributed by atoms with E-state index in [-0.39, 0.29) is 3.57 Å². The summed E-state index contributed by atoms with van der Waals surface area (Å²) < 4.78 is 37.1. The minimum Gasteiger partial charge on any atom is -0.275 e. The number of carbonyl (C=O) groups excluding carboxylic acids is 1. The molecule has 0 unspecified atom stereocenters. The highest BCUT2D eigenvalue weighted by atomic mass is 127.